The van der Waals surface area contributed by atoms with Crippen molar-refractivity contribution in [1.29, 1.82) is 0 Å². The molecule has 2 aromatic carbocycles. The molecule has 0 saturated carbocycles. The topological polar surface area (TPSA) is 21.3 Å². The highest BCUT2D eigenvalue weighted by molar-refractivity contribution is 6.31. The van der Waals surface area contributed by atoms with Crippen LogP contribution < -0.4 is 10.1 Å². The van der Waals surface area contributed by atoms with E-state index in [4.69, 9.17) is 16.3 Å². The highest BCUT2D eigenvalue weighted by Crippen LogP contribution is 2.28. The fourth-order valence-corrected chi connectivity index (χ4v) is 2.69. The number of ether oxygens (including phenoxy) is 1. The van der Waals surface area contributed by atoms with E-state index in [1.54, 1.807) is 7.11 Å². The number of methoxy groups -OCH3 is 1. The molecule has 0 fully saturated rings. The lowest BCUT2D eigenvalue weighted by molar-refractivity contribution is 0.406. The minimum atomic E-state index is 0.207. The van der Waals surface area contributed by atoms with Crippen molar-refractivity contribution in [1.82, 2.24) is 5.32 Å². The molecule has 2 rings (SSSR count). The maximum atomic E-state index is 6.25. The summed E-state index contributed by atoms with van der Waals surface area (Å²) in [5.41, 5.74) is 4.73. The molecule has 0 spiro atoms. The lowest BCUT2D eigenvalue weighted by Crippen LogP contribution is -2.19. The Balaban J connectivity index is 2.30. The Morgan fingerprint density at radius 1 is 1.14 bits per heavy atom. The summed E-state index contributed by atoms with van der Waals surface area (Å²) >= 11 is 6.25. The molecule has 1 N–H and O–H groups in total. The van der Waals surface area contributed by atoms with E-state index in [1.165, 1.54) is 16.7 Å². The lowest BCUT2D eigenvalue weighted by Gasteiger charge is -2.19. The van der Waals surface area contributed by atoms with Crippen molar-refractivity contribution in [2.75, 3.05) is 14.2 Å². The summed E-state index contributed by atoms with van der Waals surface area (Å²) in [5, 5.41) is 4.18. The van der Waals surface area contributed by atoms with Crippen molar-refractivity contribution in [3.8, 4) is 5.75 Å². The van der Waals surface area contributed by atoms with Gasteiger partial charge in [-0.15, -0.1) is 0 Å². The van der Waals surface area contributed by atoms with Crippen molar-refractivity contribution in [3.05, 3.63) is 63.7 Å². The van der Waals surface area contributed by atoms with Crippen LogP contribution in [0.25, 0.3) is 0 Å². The first kappa shape index (κ1) is 15.9. The van der Waals surface area contributed by atoms with Gasteiger partial charge in [-0.2, -0.15) is 0 Å². The van der Waals surface area contributed by atoms with Crippen LogP contribution in [0.2, 0.25) is 5.02 Å². The van der Waals surface area contributed by atoms with Gasteiger partial charge in [0.05, 0.1) is 7.11 Å². The minimum Gasteiger partial charge on any atom is -0.496 e. The third-order valence-electron chi connectivity index (χ3n) is 3.81. The maximum absolute atomic E-state index is 6.25. The average Bonchev–Trinajstić information content (AvgIpc) is 2.48. The molecule has 3 heteroatoms. The van der Waals surface area contributed by atoms with Crippen LogP contribution in [-0.2, 0) is 6.42 Å². The van der Waals surface area contributed by atoms with E-state index in [9.17, 15) is 0 Å². The molecule has 0 heterocycles. The van der Waals surface area contributed by atoms with Crippen LogP contribution in [0.3, 0.4) is 0 Å². The molecule has 2 nitrogen and oxygen atoms in total. The summed E-state index contributed by atoms with van der Waals surface area (Å²) < 4.78 is 5.47. The van der Waals surface area contributed by atoms with E-state index in [1.807, 2.05) is 26.1 Å². The molecule has 112 valence electrons. The highest BCUT2D eigenvalue weighted by atomic mass is 35.5. The summed E-state index contributed by atoms with van der Waals surface area (Å²) in [5.74, 6) is 0.930. The fourth-order valence-electron chi connectivity index (χ4n) is 2.50. The maximum Gasteiger partial charge on any atom is 0.122 e. The number of hydrogen-bond donors (Lipinski definition) is 1. The van der Waals surface area contributed by atoms with E-state index < -0.39 is 0 Å². The Bertz CT molecular complexity index is 625. The lowest BCUT2D eigenvalue weighted by atomic mass is 9.96. The second kappa shape index (κ2) is 6.97. The van der Waals surface area contributed by atoms with Crippen LogP contribution in [0.4, 0.5) is 0 Å². The van der Waals surface area contributed by atoms with E-state index in [2.05, 4.69) is 36.5 Å². The van der Waals surface area contributed by atoms with Gasteiger partial charge in [-0.3, -0.25) is 0 Å². The van der Waals surface area contributed by atoms with Gasteiger partial charge < -0.3 is 10.1 Å². The number of nitrogens with one attached hydrogen (secondary N) is 1. The van der Waals surface area contributed by atoms with Crippen LogP contribution in [0.5, 0.6) is 5.75 Å². The van der Waals surface area contributed by atoms with Gasteiger partial charge in [-0.25, -0.2) is 0 Å². The molecule has 0 aliphatic heterocycles. The SMILES string of the molecule is CNC(Cc1cc(C)ccc1OC)c1ccc(C)c(Cl)c1. The summed E-state index contributed by atoms with van der Waals surface area (Å²) in [6.07, 6.45) is 0.862. The third kappa shape index (κ3) is 3.78. The number of likely N-dealkylation sites (N-methyl/N-ethyl adjacent to an activating group) is 1. The zero-order chi connectivity index (χ0) is 15.4. The Kier molecular flexibility index (Phi) is 5.27. The largest absolute Gasteiger partial charge is 0.496 e. The van der Waals surface area contributed by atoms with Crippen LogP contribution in [0, 0.1) is 13.8 Å². The highest BCUT2D eigenvalue weighted by Gasteiger charge is 2.14. The Morgan fingerprint density at radius 3 is 2.52 bits per heavy atom. The third-order valence-corrected chi connectivity index (χ3v) is 4.21. The molecule has 0 radical (unpaired) electrons. The van der Waals surface area contributed by atoms with Crippen molar-refractivity contribution in [3.63, 3.8) is 0 Å². The number of benzene rings is 2. The Hall–Kier alpha value is -1.51. The van der Waals surface area contributed by atoms with Gasteiger partial charge >= 0.3 is 0 Å². The van der Waals surface area contributed by atoms with Gasteiger partial charge in [0, 0.05) is 11.1 Å². The van der Waals surface area contributed by atoms with Gasteiger partial charge in [0.15, 0.2) is 0 Å². The number of hydrogen-bond acceptors (Lipinski definition) is 2. The Morgan fingerprint density at radius 2 is 1.90 bits per heavy atom. The predicted molar refractivity (Wildman–Crippen MR) is 89.4 cm³/mol. The van der Waals surface area contributed by atoms with Crippen LogP contribution >= 0.6 is 11.6 Å². The molecule has 2 aromatic rings. The zero-order valence-electron chi connectivity index (χ0n) is 13.0. The van der Waals surface area contributed by atoms with Gasteiger partial charge in [0.1, 0.15) is 5.75 Å². The standard InChI is InChI=1S/C18H22ClNO/c1-12-5-8-18(21-4)15(9-12)11-17(20-3)14-7-6-13(2)16(19)10-14/h5-10,17,20H,11H2,1-4H3. The smallest absolute Gasteiger partial charge is 0.122 e. The van der Waals surface area contributed by atoms with Gasteiger partial charge in [0.2, 0.25) is 0 Å². The summed E-state index contributed by atoms with van der Waals surface area (Å²) in [4.78, 5) is 0. The first-order valence-electron chi connectivity index (χ1n) is 7.12. The monoisotopic (exact) mass is 303 g/mol. The molecular formula is C18H22ClNO. The average molecular weight is 304 g/mol. The second-order valence-corrected chi connectivity index (χ2v) is 5.78. The van der Waals surface area contributed by atoms with Crippen LogP contribution in [0.1, 0.15) is 28.3 Å². The number of aryl methyl sites for hydroxylation is 2. The summed E-state index contributed by atoms with van der Waals surface area (Å²) in [6.45, 7) is 4.12. The summed E-state index contributed by atoms with van der Waals surface area (Å²) in [6, 6.07) is 12.7. The number of rotatable bonds is 5. The van der Waals surface area contributed by atoms with E-state index in [0.29, 0.717) is 0 Å². The zero-order valence-corrected chi connectivity index (χ0v) is 13.8. The van der Waals surface area contributed by atoms with Gasteiger partial charge in [-0.05, 0) is 56.1 Å². The molecular weight excluding hydrogens is 282 g/mol. The molecule has 0 aliphatic rings. The van der Waals surface area contributed by atoms with E-state index in [0.717, 1.165) is 22.8 Å². The fraction of sp³-hybridized carbons (Fsp3) is 0.333. The number of halogens is 1. The van der Waals surface area contributed by atoms with Gasteiger partial charge in [-0.1, -0.05) is 41.4 Å². The first-order chi connectivity index (χ1) is 10.0. The van der Waals surface area contributed by atoms with E-state index in [-0.39, 0.29) is 6.04 Å². The summed E-state index contributed by atoms with van der Waals surface area (Å²) in [7, 11) is 3.69. The molecule has 0 bridgehead atoms. The first-order valence-corrected chi connectivity index (χ1v) is 7.49. The van der Waals surface area contributed by atoms with Crippen molar-refractivity contribution >= 4 is 11.6 Å². The quantitative estimate of drug-likeness (QED) is 0.880. The van der Waals surface area contributed by atoms with Crippen LogP contribution in [0.15, 0.2) is 36.4 Å². The van der Waals surface area contributed by atoms with Crippen LogP contribution in [-0.4, -0.2) is 14.2 Å². The minimum absolute atomic E-state index is 0.207. The molecule has 1 unspecified atom stereocenters. The molecule has 0 aliphatic carbocycles. The molecule has 0 amide bonds. The van der Waals surface area contributed by atoms with Crippen molar-refractivity contribution in [2.45, 2.75) is 26.3 Å². The molecule has 1 atom stereocenters. The normalized spacial score (nSPS) is 12.2. The van der Waals surface area contributed by atoms with Crippen molar-refractivity contribution in [2.24, 2.45) is 0 Å². The second-order valence-electron chi connectivity index (χ2n) is 5.37. The Labute approximate surface area is 132 Å². The molecule has 21 heavy (non-hydrogen) atoms. The van der Waals surface area contributed by atoms with Gasteiger partial charge in [0.25, 0.3) is 0 Å². The predicted octanol–water partition coefficient (Wildman–Crippen LogP) is 4.47. The molecule has 0 aromatic heterocycles. The molecule has 0 saturated heterocycles. The van der Waals surface area contributed by atoms with Crippen molar-refractivity contribution < 1.29 is 4.74 Å². The van der Waals surface area contributed by atoms with E-state index >= 15 is 0 Å².